The molecule has 0 radical (unpaired) electrons. The molecule has 1 aromatic carbocycles. The molecule has 1 aromatic rings. The second-order valence-corrected chi connectivity index (χ2v) is 5.15. The van der Waals surface area contributed by atoms with E-state index in [1.54, 1.807) is 13.8 Å². The van der Waals surface area contributed by atoms with Gasteiger partial charge in [0.25, 0.3) is 5.91 Å². The molecule has 1 amide bonds. The lowest BCUT2D eigenvalue weighted by molar-refractivity contribution is -0.141. The van der Waals surface area contributed by atoms with Crippen LogP contribution in [0.5, 0.6) is 5.75 Å². The Kier molecular flexibility index (Phi) is 5.46. The average Bonchev–Trinajstić information content (AvgIpc) is 2.34. The van der Waals surface area contributed by atoms with Gasteiger partial charge in [0.15, 0.2) is 0 Å². The van der Waals surface area contributed by atoms with E-state index < -0.39 is 18.6 Å². The van der Waals surface area contributed by atoms with Crippen LogP contribution >= 0.6 is 0 Å². The number of carbonyl (C=O) groups is 1. The van der Waals surface area contributed by atoms with Crippen molar-refractivity contribution in [3.05, 3.63) is 23.8 Å². The number of hydrogen-bond acceptors (Lipinski definition) is 3. The van der Waals surface area contributed by atoms with Crippen LogP contribution in [0.1, 0.15) is 24.2 Å². The summed E-state index contributed by atoms with van der Waals surface area (Å²) in [7, 11) is 1.44. The molecule has 4 nitrogen and oxygen atoms in total. The maximum absolute atomic E-state index is 12.6. The molecule has 0 aliphatic carbocycles. The van der Waals surface area contributed by atoms with Crippen LogP contribution in [0.2, 0.25) is 0 Å². The predicted octanol–water partition coefficient (Wildman–Crippen LogP) is 2.94. The van der Waals surface area contributed by atoms with Crippen molar-refractivity contribution in [3.8, 4) is 5.75 Å². The molecule has 0 saturated heterocycles. The van der Waals surface area contributed by atoms with Crippen molar-refractivity contribution in [2.75, 3.05) is 25.9 Å². The lowest BCUT2D eigenvalue weighted by Crippen LogP contribution is -2.41. The van der Waals surface area contributed by atoms with Crippen LogP contribution in [-0.2, 0) is 0 Å². The summed E-state index contributed by atoms with van der Waals surface area (Å²) in [6.07, 6.45) is -4.45. The van der Waals surface area contributed by atoms with Crippen LogP contribution in [0.15, 0.2) is 18.2 Å². The van der Waals surface area contributed by atoms with E-state index >= 15 is 0 Å². The number of hydrogen-bond donors (Lipinski definition) is 1. The number of methoxy groups -OCH3 is 1. The standard InChI is InChI=1S/C14H19F3N2O2/c1-9(2)7-19(8-14(15,16)17)13(20)11-5-4-10(21-3)6-12(11)18/h4-6,9H,7-8,18H2,1-3H3. The molecule has 118 valence electrons. The Morgan fingerprint density at radius 3 is 2.43 bits per heavy atom. The number of anilines is 1. The van der Waals surface area contributed by atoms with Crippen molar-refractivity contribution >= 4 is 11.6 Å². The summed E-state index contributed by atoms with van der Waals surface area (Å²) >= 11 is 0. The van der Waals surface area contributed by atoms with E-state index in [9.17, 15) is 18.0 Å². The van der Waals surface area contributed by atoms with Crippen molar-refractivity contribution in [2.24, 2.45) is 5.92 Å². The van der Waals surface area contributed by atoms with Crippen LogP contribution in [-0.4, -0.2) is 37.2 Å². The Bertz CT molecular complexity index is 501. The smallest absolute Gasteiger partial charge is 0.406 e. The Hall–Kier alpha value is -1.92. The molecule has 0 spiro atoms. The third-order valence-corrected chi connectivity index (χ3v) is 2.73. The van der Waals surface area contributed by atoms with Crippen molar-refractivity contribution in [2.45, 2.75) is 20.0 Å². The molecule has 0 fully saturated rings. The molecule has 0 aliphatic heterocycles. The van der Waals surface area contributed by atoms with Crippen LogP contribution in [0.3, 0.4) is 0 Å². The zero-order chi connectivity index (χ0) is 16.2. The molecule has 0 heterocycles. The quantitative estimate of drug-likeness (QED) is 0.851. The van der Waals surface area contributed by atoms with Crippen LogP contribution < -0.4 is 10.5 Å². The topological polar surface area (TPSA) is 55.6 Å². The van der Waals surface area contributed by atoms with Gasteiger partial charge in [0.1, 0.15) is 12.3 Å². The van der Waals surface area contributed by atoms with Gasteiger partial charge in [-0.3, -0.25) is 4.79 Å². The molecule has 7 heteroatoms. The van der Waals surface area contributed by atoms with Crippen LogP contribution in [0.25, 0.3) is 0 Å². The largest absolute Gasteiger partial charge is 0.497 e. The minimum atomic E-state index is -4.45. The summed E-state index contributed by atoms with van der Waals surface area (Å²) in [4.78, 5) is 13.1. The molecular weight excluding hydrogens is 285 g/mol. The number of halogens is 3. The maximum atomic E-state index is 12.6. The summed E-state index contributed by atoms with van der Waals surface area (Å²) < 4.78 is 42.8. The van der Waals surface area contributed by atoms with Crippen LogP contribution in [0.4, 0.5) is 18.9 Å². The Morgan fingerprint density at radius 2 is 2.00 bits per heavy atom. The summed E-state index contributed by atoms with van der Waals surface area (Å²) in [5, 5.41) is 0. The number of ether oxygens (including phenoxy) is 1. The van der Waals surface area contributed by atoms with Gasteiger partial charge in [0.2, 0.25) is 0 Å². The summed E-state index contributed by atoms with van der Waals surface area (Å²) in [6, 6.07) is 4.28. The lowest BCUT2D eigenvalue weighted by Gasteiger charge is -2.26. The van der Waals surface area contributed by atoms with E-state index in [1.165, 1.54) is 25.3 Å². The zero-order valence-electron chi connectivity index (χ0n) is 12.2. The van der Waals surface area contributed by atoms with E-state index in [2.05, 4.69) is 0 Å². The Morgan fingerprint density at radius 1 is 1.38 bits per heavy atom. The third kappa shape index (κ3) is 5.17. The summed E-state index contributed by atoms with van der Waals surface area (Å²) in [5.74, 6) is -0.382. The molecule has 1 rings (SSSR count). The summed E-state index contributed by atoms with van der Waals surface area (Å²) in [6.45, 7) is 2.20. The Balaban J connectivity index is 3.04. The molecule has 21 heavy (non-hydrogen) atoms. The maximum Gasteiger partial charge on any atom is 0.406 e. The summed E-state index contributed by atoms with van der Waals surface area (Å²) in [5.41, 5.74) is 5.86. The highest BCUT2D eigenvalue weighted by Gasteiger charge is 2.34. The fraction of sp³-hybridized carbons (Fsp3) is 0.500. The molecule has 0 saturated carbocycles. The SMILES string of the molecule is COc1ccc(C(=O)N(CC(C)C)CC(F)(F)F)c(N)c1. The molecule has 0 atom stereocenters. The number of nitrogens with two attached hydrogens (primary N) is 1. The van der Waals surface area contributed by atoms with Crippen molar-refractivity contribution in [1.82, 2.24) is 4.90 Å². The van der Waals surface area contributed by atoms with Gasteiger partial charge in [-0.25, -0.2) is 0 Å². The van der Waals surface area contributed by atoms with Gasteiger partial charge in [0.05, 0.1) is 12.7 Å². The normalized spacial score (nSPS) is 11.6. The Labute approximate surface area is 121 Å². The highest BCUT2D eigenvalue weighted by Crippen LogP contribution is 2.24. The van der Waals surface area contributed by atoms with Gasteiger partial charge in [0, 0.05) is 18.3 Å². The van der Waals surface area contributed by atoms with Crippen molar-refractivity contribution in [3.63, 3.8) is 0 Å². The number of alkyl halides is 3. The van der Waals surface area contributed by atoms with E-state index in [1.807, 2.05) is 0 Å². The second kappa shape index (κ2) is 6.69. The van der Waals surface area contributed by atoms with Crippen molar-refractivity contribution < 1.29 is 22.7 Å². The number of nitrogens with zero attached hydrogens (tertiary/aromatic N) is 1. The third-order valence-electron chi connectivity index (χ3n) is 2.73. The van der Waals surface area contributed by atoms with Crippen LogP contribution in [0, 0.1) is 5.92 Å². The predicted molar refractivity (Wildman–Crippen MR) is 74.2 cm³/mol. The second-order valence-electron chi connectivity index (χ2n) is 5.15. The first-order valence-electron chi connectivity index (χ1n) is 6.43. The monoisotopic (exact) mass is 304 g/mol. The molecule has 0 unspecified atom stereocenters. The number of carbonyl (C=O) groups excluding carboxylic acids is 1. The first-order chi connectivity index (χ1) is 9.64. The van der Waals surface area contributed by atoms with Gasteiger partial charge in [-0.2, -0.15) is 13.2 Å². The molecule has 2 N–H and O–H groups in total. The molecular formula is C14H19F3N2O2. The van der Waals surface area contributed by atoms with Gasteiger partial charge in [-0.05, 0) is 18.1 Å². The number of nitrogen functional groups attached to an aromatic ring is 1. The number of amides is 1. The molecule has 0 aromatic heterocycles. The molecule has 0 aliphatic rings. The number of benzene rings is 1. The minimum absolute atomic E-state index is 0.00378. The fourth-order valence-corrected chi connectivity index (χ4v) is 1.91. The zero-order valence-corrected chi connectivity index (χ0v) is 12.2. The van der Waals surface area contributed by atoms with Gasteiger partial charge < -0.3 is 15.4 Å². The highest BCUT2D eigenvalue weighted by atomic mass is 19.4. The average molecular weight is 304 g/mol. The van der Waals surface area contributed by atoms with E-state index in [0.717, 1.165) is 4.90 Å². The lowest BCUT2D eigenvalue weighted by atomic mass is 10.1. The van der Waals surface area contributed by atoms with E-state index in [-0.39, 0.29) is 23.7 Å². The van der Waals surface area contributed by atoms with E-state index in [0.29, 0.717) is 5.75 Å². The van der Waals surface area contributed by atoms with E-state index in [4.69, 9.17) is 10.5 Å². The minimum Gasteiger partial charge on any atom is -0.497 e. The van der Waals surface area contributed by atoms with Crippen molar-refractivity contribution in [1.29, 1.82) is 0 Å². The fourth-order valence-electron chi connectivity index (χ4n) is 1.91. The first kappa shape index (κ1) is 17.1. The van der Waals surface area contributed by atoms with Gasteiger partial charge in [-0.1, -0.05) is 13.8 Å². The molecule has 0 bridgehead atoms. The highest BCUT2D eigenvalue weighted by molar-refractivity contribution is 5.99. The first-order valence-corrected chi connectivity index (χ1v) is 6.43. The number of rotatable bonds is 5. The van der Waals surface area contributed by atoms with Gasteiger partial charge >= 0.3 is 6.18 Å². The van der Waals surface area contributed by atoms with Gasteiger partial charge in [-0.15, -0.1) is 0 Å².